The van der Waals surface area contributed by atoms with Gasteiger partial charge in [-0.3, -0.25) is 0 Å². The molecule has 2 atom stereocenters. The lowest BCUT2D eigenvalue weighted by atomic mass is 9.66. The number of rotatable bonds is 4. The zero-order valence-electron chi connectivity index (χ0n) is 27.8. The fraction of sp³-hybridized carbons (Fsp3) is 0.0612. The summed E-state index contributed by atoms with van der Waals surface area (Å²) in [5.74, 6) is 1.81. The van der Waals surface area contributed by atoms with Crippen molar-refractivity contribution in [1.29, 1.82) is 0 Å². The molecule has 2 unspecified atom stereocenters. The van der Waals surface area contributed by atoms with Gasteiger partial charge < -0.3 is 4.74 Å². The molecule has 1 heteroatoms. The molecule has 10 rings (SSSR count). The highest BCUT2D eigenvalue weighted by atomic mass is 16.5. The highest BCUT2D eigenvalue weighted by Gasteiger charge is 2.47. The van der Waals surface area contributed by atoms with Crippen LogP contribution in [-0.2, 0) is 10.8 Å². The normalized spacial score (nSPS) is 18.4. The van der Waals surface area contributed by atoms with Crippen molar-refractivity contribution in [2.45, 2.75) is 17.8 Å². The number of ether oxygens (including phenoxy) is 1. The molecule has 0 fully saturated rings. The summed E-state index contributed by atoms with van der Waals surface area (Å²) in [7, 11) is 0. The Morgan fingerprint density at radius 2 is 1.04 bits per heavy atom. The average Bonchev–Trinajstić information content (AvgIpc) is 3.50. The van der Waals surface area contributed by atoms with Crippen molar-refractivity contribution in [2.24, 2.45) is 0 Å². The lowest BCUT2D eigenvalue weighted by molar-refractivity contribution is 0.428. The molecule has 1 aliphatic carbocycles. The van der Waals surface area contributed by atoms with E-state index in [9.17, 15) is 0 Å². The molecular formula is C49H34O. The van der Waals surface area contributed by atoms with E-state index in [1.165, 1.54) is 72.0 Å². The van der Waals surface area contributed by atoms with Gasteiger partial charge in [-0.25, -0.2) is 0 Å². The van der Waals surface area contributed by atoms with Crippen LogP contribution in [0.5, 0.6) is 11.5 Å². The minimum Gasteiger partial charge on any atom is -0.457 e. The highest BCUT2D eigenvalue weighted by Crippen LogP contribution is 2.59. The van der Waals surface area contributed by atoms with Gasteiger partial charge in [0.05, 0.1) is 10.8 Å². The van der Waals surface area contributed by atoms with Crippen LogP contribution in [0.25, 0.3) is 33.0 Å². The summed E-state index contributed by atoms with van der Waals surface area (Å²) in [6, 6.07) is 68.8. The smallest absolute Gasteiger partial charge is 0.132 e. The first-order chi connectivity index (χ1) is 24.7. The quantitative estimate of drug-likeness (QED) is 0.186. The molecule has 0 bridgehead atoms. The van der Waals surface area contributed by atoms with Crippen molar-refractivity contribution in [3.05, 3.63) is 227 Å². The molecule has 0 amide bonds. The lowest BCUT2D eigenvalue weighted by Crippen LogP contribution is -2.30. The molecule has 0 saturated carbocycles. The van der Waals surface area contributed by atoms with E-state index in [0.29, 0.717) is 0 Å². The summed E-state index contributed by atoms with van der Waals surface area (Å²) < 4.78 is 6.71. The maximum absolute atomic E-state index is 6.71. The third-order valence-electron chi connectivity index (χ3n) is 11.3. The van der Waals surface area contributed by atoms with Crippen LogP contribution in [0.15, 0.2) is 188 Å². The SMILES string of the molecule is CC1(c2ccccc2)c2ccccc2Oc2cccc(-c3cccc(C4(c5ccccc5)c5ccccc5-c5c4ccc4ccccc54)c3)c21. The van der Waals surface area contributed by atoms with E-state index in [4.69, 9.17) is 4.74 Å². The number of para-hydroxylation sites is 1. The maximum atomic E-state index is 6.71. The highest BCUT2D eigenvalue weighted by molar-refractivity contribution is 6.04. The van der Waals surface area contributed by atoms with Crippen molar-refractivity contribution < 1.29 is 4.74 Å². The Kier molecular flexibility index (Phi) is 6.29. The van der Waals surface area contributed by atoms with Crippen LogP contribution in [0.4, 0.5) is 0 Å². The molecule has 1 nitrogen and oxygen atoms in total. The van der Waals surface area contributed by atoms with Gasteiger partial charge >= 0.3 is 0 Å². The van der Waals surface area contributed by atoms with Crippen molar-refractivity contribution in [3.8, 4) is 33.8 Å². The number of benzene rings is 8. The minimum atomic E-state index is -0.506. The van der Waals surface area contributed by atoms with Crippen molar-refractivity contribution in [3.63, 3.8) is 0 Å². The van der Waals surface area contributed by atoms with Gasteiger partial charge in [0.15, 0.2) is 0 Å². The Morgan fingerprint density at radius 1 is 0.420 bits per heavy atom. The predicted octanol–water partition coefficient (Wildman–Crippen LogP) is 12.3. The second-order valence-corrected chi connectivity index (χ2v) is 13.7. The van der Waals surface area contributed by atoms with E-state index < -0.39 is 10.8 Å². The molecule has 0 spiro atoms. The Hall–Kier alpha value is -6.18. The van der Waals surface area contributed by atoms with E-state index >= 15 is 0 Å². The predicted molar refractivity (Wildman–Crippen MR) is 205 cm³/mol. The summed E-state index contributed by atoms with van der Waals surface area (Å²) in [4.78, 5) is 0. The summed E-state index contributed by atoms with van der Waals surface area (Å²) in [5.41, 5.74) is 12.8. The van der Waals surface area contributed by atoms with E-state index in [1.807, 2.05) is 0 Å². The molecule has 1 aliphatic heterocycles. The first-order valence-electron chi connectivity index (χ1n) is 17.4. The van der Waals surface area contributed by atoms with E-state index in [1.54, 1.807) is 0 Å². The Morgan fingerprint density at radius 3 is 1.88 bits per heavy atom. The van der Waals surface area contributed by atoms with Crippen LogP contribution in [0.3, 0.4) is 0 Å². The first kappa shape index (κ1) is 28.8. The monoisotopic (exact) mass is 638 g/mol. The topological polar surface area (TPSA) is 9.23 Å². The number of fused-ring (bicyclic) bond motifs is 7. The number of hydrogen-bond acceptors (Lipinski definition) is 1. The zero-order chi connectivity index (χ0) is 33.3. The Balaban J connectivity index is 1.27. The third-order valence-corrected chi connectivity index (χ3v) is 11.3. The average molecular weight is 639 g/mol. The maximum Gasteiger partial charge on any atom is 0.132 e. The molecule has 0 saturated heterocycles. The number of hydrogen-bond donors (Lipinski definition) is 0. The molecule has 1 heterocycles. The van der Waals surface area contributed by atoms with Crippen molar-refractivity contribution in [1.82, 2.24) is 0 Å². The second kappa shape index (κ2) is 10.9. The van der Waals surface area contributed by atoms with Gasteiger partial charge in [0.25, 0.3) is 0 Å². The Bertz CT molecular complexity index is 2580. The van der Waals surface area contributed by atoms with Gasteiger partial charge in [-0.05, 0) is 86.0 Å². The molecular weight excluding hydrogens is 605 g/mol. The Labute approximate surface area is 293 Å². The molecule has 2 aliphatic rings. The summed E-state index contributed by atoms with van der Waals surface area (Å²) in [5, 5.41) is 2.55. The summed E-state index contributed by atoms with van der Waals surface area (Å²) in [6.45, 7) is 2.36. The largest absolute Gasteiger partial charge is 0.457 e. The van der Waals surface area contributed by atoms with Crippen LogP contribution in [0.1, 0.15) is 45.9 Å². The van der Waals surface area contributed by atoms with Crippen LogP contribution >= 0.6 is 0 Å². The molecule has 8 aromatic carbocycles. The summed E-state index contributed by atoms with van der Waals surface area (Å²) >= 11 is 0. The van der Waals surface area contributed by atoms with E-state index in [0.717, 1.165) is 11.5 Å². The van der Waals surface area contributed by atoms with Gasteiger partial charge in [-0.1, -0.05) is 170 Å². The van der Waals surface area contributed by atoms with Gasteiger partial charge in [0, 0.05) is 11.1 Å². The van der Waals surface area contributed by atoms with Crippen LogP contribution in [0, 0.1) is 0 Å². The molecule has 236 valence electrons. The fourth-order valence-corrected chi connectivity index (χ4v) is 9.11. The lowest BCUT2D eigenvalue weighted by Gasteiger charge is -2.39. The minimum absolute atomic E-state index is 0.430. The standard InChI is InChI=1S/C49H34O/c1-48(35-18-4-2-5-19-35)42-27-12-13-28-44(42)50-45-29-15-25-39(47(45)48)34-17-14-22-37(32-34)49(36-20-6-3-7-21-36)41-26-11-10-24-40(41)46-38-23-9-8-16-33(38)30-31-43(46)49/h2-32H,1H3. The van der Waals surface area contributed by atoms with Gasteiger partial charge in [-0.15, -0.1) is 0 Å². The van der Waals surface area contributed by atoms with E-state index in [2.05, 4.69) is 195 Å². The van der Waals surface area contributed by atoms with Crippen LogP contribution < -0.4 is 4.74 Å². The molecule has 0 aromatic heterocycles. The second-order valence-electron chi connectivity index (χ2n) is 13.7. The van der Waals surface area contributed by atoms with Crippen molar-refractivity contribution >= 4 is 10.8 Å². The van der Waals surface area contributed by atoms with Crippen LogP contribution in [0.2, 0.25) is 0 Å². The summed E-state index contributed by atoms with van der Waals surface area (Å²) in [6.07, 6.45) is 0. The van der Waals surface area contributed by atoms with Gasteiger partial charge in [0.2, 0.25) is 0 Å². The fourth-order valence-electron chi connectivity index (χ4n) is 9.11. The molecule has 8 aromatic rings. The molecule has 0 N–H and O–H groups in total. The first-order valence-corrected chi connectivity index (χ1v) is 17.4. The molecule has 50 heavy (non-hydrogen) atoms. The van der Waals surface area contributed by atoms with E-state index in [-0.39, 0.29) is 0 Å². The van der Waals surface area contributed by atoms with Crippen LogP contribution in [-0.4, -0.2) is 0 Å². The van der Waals surface area contributed by atoms with Crippen molar-refractivity contribution in [2.75, 3.05) is 0 Å². The molecule has 0 radical (unpaired) electrons. The van der Waals surface area contributed by atoms with Gasteiger partial charge in [0.1, 0.15) is 11.5 Å². The third kappa shape index (κ3) is 3.89. The zero-order valence-corrected chi connectivity index (χ0v) is 27.8. The van der Waals surface area contributed by atoms with Gasteiger partial charge in [-0.2, -0.15) is 0 Å².